The molecule has 2 rings (SSSR count). The number of hydrogen-bond donors (Lipinski definition) is 0. The lowest BCUT2D eigenvalue weighted by Crippen LogP contribution is -2.28. The van der Waals surface area contributed by atoms with E-state index in [1.807, 2.05) is 0 Å². The fourth-order valence-electron chi connectivity index (χ4n) is 2.63. The van der Waals surface area contributed by atoms with Gasteiger partial charge in [0.15, 0.2) is 11.5 Å². The molecule has 0 radical (unpaired) electrons. The fourth-order valence-corrected chi connectivity index (χ4v) is 5.29. The Morgan fingerprint density at radius 2 is 0.703 bits per heavy atom. The maximum atomic E-state index is 13.1. The smallest absolute Gasteiger partial charge is 0.380 e. The first-order valence-corrected chi connectivity index (χ1v) is 11.9. The molecular weight excluding hydrogens is 592 g/mol. The molecule has 0 heterocycles. The van der Waals surface area contributed by atoms with Crippen molar-refractivity contribution < 1.29 is 77.9 Å². The summed E-state index contributed by atoms with van der Waals surface area (Å²) in [5.74, 6) is -4.88. The van der Waals surface area contributed by atoms with Crippen LogP contribution >= 0.6 is 0 Å². The Morgan fingerprint density at radius 3 is 0.892 bits per heavy atom. The second-order valence-corrected chi connectivity index (χ2v) is 10.3. The van der Waals surface area contributed by atoms with Crippen molar-refractivity contribution in [2.45, 2.75) is 24.7 Å². The number of alkyl halides is 12. The lowest BCUT2D eigenvalue weighted by molar-refractivity contribution is -0.146. The summed E-state index contributed by atoms with van der Waals surface area (Å²) in [7, 11) is -12.3. The van der Waals surface area contributed by atoms with Crippen LogP contribution in [-0.2, 0) is 44.9 Å². The molecule has 0 spiro atoms. The molecule has 0 fully saturated rings. The van der Waals surface area contributed by atoms with Gasteiger partial charge in [0, 0.05) is 0 Å². The van der Waals surface area contributed by atoms with Crippen molar-refractivity contribution in [3.63, 3.8) is 0 Å². The molecule has 0 aromatic heterocycles. The van der Waals surface area contributed by atoms with Gasteiger partial charge in [-0.25, -0.2) is 0 Å². The normalized spacial score (nSPS) is 13.9. The van der Waals surface area contributed by atoms with Crippen LogP contribution in [0.1, 0.15) is 22.3 Å². The van der Waals surface area contributed by atoms with E-state index >= 15 is 0 Å². The van der Waals surface area contributed by atoms with Gasteiger partial charge in [-0.15, -0.1) is 0 Å². The van der Waals surface area contributed by atoms with Crippen LogP contribution in [0.5, 0.6) is 11.5 Å². The largest absolute Gasteiger partial charge is 0.420 e. The predicted octanol–water partition coefficient (Wildman–Crippen LogP) is 5.84. The minimum atomic E-state index is -6.15. The molecule has 0 aliphatic rings. The molecule has 20 heteroatoms. The van der Waals surface area contributed by atoms with Gasteiger partial charge in [0.1, 0.15) is 0 Å². The van der Waals surface area contributed by atoms with Crippen molar-refractivity contribution in [2.24, 2.45) is 0 Å². The Kier molecular flexibility index (Phi) is 7.74. The lowest BCUT2D eigenvalue weighted by Gasteiger charge is -2.20. The van der Waals surface area contributed by atoms with E-state index in [9.17, 15) is 69.5 Å². The summed E-state index contributed by atoms with van der Waals surface area (Å²) in [4.78, 5) is 0. The van der Waals surface area contributed by atoms with E-state index in [2.05, 4.69) is 8.37 Å². The van der Waals surface area contributed by atoms with Gasteiger partial charge in [-0.3, -0.25) is 0 Å². The van der Waals surface area contributed by atoms with Crippen LogP contribution in [0.15, 0.2) is 36.4 Å². The van der Waals surface area contributed by atoms with Crippen LogP contribution < -0.4 is 8.37 Å². The molecule has 208 valence electrons. The number of rotatable bonds is 6. The summed E-state index contributed by atoms with van der Waals surface area (Å²) in [5, 5.41) is -2.78. The van der Waals surface area contributed by atoms with E-state index < -0.39 is 83.8 Å². The zero-order valence-corrected chi connectivity index (χ0v) is 18.6. The summed E-state index contributed by atoms with van der Waals surface area (Å²) in [6.07, 6.45) is -22.7. The first-order valence-electron chi connectivity index (χ1n) is 8.74. The molecule has 6 nitrogen and oxygen atoms in total. The van der Waals surface area contributed by atoms with Crippen LogP contribution in [0, 0.1) is 0 Å². The number of halogens is 12. The van der Waals surface area contributed by atoms with E-state index in [1.54, 1.807) is 0 Å². The van der Waals surface area contributed by atoms with Gasteiger partial charge in [0.05, 0.1) is 22.3 Å². The second kappa shape index (κ2) is 9.44. The molecule has 0 amide bonds. The zero-order chi connectivity index (χ0) is 28.8. The van der Waals surface area contributed by atoms with E-state index in [-0.39, 0.29) is 36.4 Å². The van der Waals surface area contributed by atoms with Crippen molar-refractivity contribution >= 4 is 20.2 Å². The van der Waals surface area contributed by atoms with Gasteiger partial charge in [-0.2, -0.15) is 69.5 Å². The van der Waals surface area contributed by atoms with Crippen molar-refractivity contribution in [2.75, 3.05) is 5.08 Å². The van der Waals surface area contributed by atoms with Gasteiger partial charge in [0.25, 0.3) is 0 Å². The third-order valence-electron chi connectivity index (χ3n) is 3.96. The van der Waals surface area contributed by atoms with Crippen LogP contribution in [0.2, 0.25) is 0 Å². The molecule has 0 N–H and O–H groups in total. The quantitative estimate of drug-likeness (QED) is 0.306. The van der Waals surface area contributed by atoms with Crippen LogP contribution in [-0.4, -0.2) is 21.9 Å². The maximum Gasteiger partial charge on any atom is 0.420 e. The number of benzene rings is 2. The maximum absolute atomic E-state index is 13.1. The summed E-state index contributed by atoms with van der Waals surface area (Å²) >= 11 is 0. The lowest BCUT2D eigenvalue weighted by atomic mass is 10.1. The first-order chi connectivity index (χ1) is 16.4. The van der Waals surface area contributed by atoms with Gasteiger partial charge in [-0.05, 0) is 24.3 Å². The van der Waals surface area contributed by atoms with Crippen LogP contribution in [0.25, 0.3) is 0 Å². The molecule has 2 aromatic carbocycles. The monoisotopic (exact) mass is 600 g/mol. The second-order valence-electron chi connectivity index (χ2n) is 6.76. The molecule has 0 unspecified atom stereocenters. The molecular formula is C17H8F12O6S2. The first kappa shape index (κ1) is 30.3. The van der Waals surface area contributed by atoms with E-state index in [0.717, 1.165) is 0 Å². The minimum Gasteiger partial charge on any atom is -0.380 e. The highest BCUT2D eigenvalue weighted by atomic mass is 32.3. The van der Waals surface area contributed by atoms with Gasteiger partial charge < -0.3 is 8.37 Å². The van der Waals surface area contributed by atoms with Crippen LogP contribution in [0.3, 0.4) is 0 Å². The highest BCUT2D eigenvalue weighted by Crippen LogP contribution is 2.46. The number of hydrogen-bond acceptors (Lipinski definition) is 6. The average Bonchev–Trinajstić information content (AvgIpc) is 2.63. The van der Waals surface area contributed by atoms with Gasteiger partial charge >= 0.3 is 44.9 Å². The molecule has 0 aliphatic heterocycles. The van der Waals surface area contributed by atoms with E-state index in [4.69, 9.17) is 0 Å². The molecule has 2 aromatic rings. The fraction of sp³-hybridized carbons (Fsp3) is 0.294. The highest BCUT2D eigenvalue weighted by molar-refractivity contribution is 8.04. The average molecular weight is 600 g/mol. The standard InChI is InChI=1S/C17H8F12O6S2/c18-14(19,20)8-3-1-4-9(15(21,22)23)12(8)34-36(30,31)7-37(32,33)35-13-10(16(24,25)26)5-2-6-11(13)17(27,28)29/h1-6H,7H2. The van der Waals surface area contributed by atoms with Crippen LogP contribution in [0.4, 0.5) is 52.7 Å². The Labute approximate surface area is 198 Å². The number of para-hydroxylation sites is 2. The molecule has 0 aliphatic carbocycles. The van der Waals surface area contributed by atoms with Gasteiger partial charge in [0.2, 0.25) is 5.08 Å². The highest BCUT2D eigenvalue weighted by Gasteiger charge is 2.46. The Hall–Kier alpha value is -2.90. The molecule has 0 bridgehead atoms. The SMILES string of the molecule is O=S(=O)(CS(=O)(=O)Oc1c(C(F)(F)F)cccc1C(F)(F)F)Oc1c(C(F)(F)F)cccc1C(F)(F)F. The van der Waals surface area contributed by atoms with Crippen molar-refractivity contribution in [1.29, 1.82) is 0 Å². The zero-order valence-electron chi connectivity index (χ0n) is 17.0. The minimum absolute atomic E-state index is 0.0692. The van der Waals surface area contributed by atoms with Crippen molar-refractivity contribution in [3.8, 4) is 11.5 Å². The topological polar surface area (TPSA) is 86.7 Å². The van der Waals surface area contributed by atoms with Crippen molar-refractivity contribution in [1.82, 2.24) is 0 Å². The van der Waals surface area contributed by atoms with E-state index in [1.165, 1.54) is 0 Å². The predicted molar refractivity (Wildman–Crippen MR) is 96.9 cm³/mol. The summed E-state index contributed by atoms with van der Waals surface area (Å²) in [6.45, 7) is 0. The molecule has 0 atom stereocenters. The summed E-state index contributed by atoms with van der Waals surface area (Å²) in [6, 6.07) is 0.135. The van der Waals surface area contributed by atoms with Gasteiger partial charge in [-0.1, -0.05) is 12.1 Å². The summed E-state index contributed by atoms with van der Waals surface area (Å²) in [5.41, 5.74) is -9.37. The molecule has 0 saturated heterocycles. The Morgan fingerprint density at radius 1 is 0.486 bits per heavy atom. The summed E-state index contributed by atoms with van der Waals surface area (Å²) < 4.78 is 213. The molecule has 37 heavy (non-hydrogen) atoms. The van der Waals surface area contributed by atoms with Crippen molar-refractivity contribution in [3.05, 3.63) is 58.7 Å². The van der Waals surface area contributed by atoms with E-state index in [0.29, 0.717) is 0 Å². The third kappa shape index (κ3) is 7.55. The Bertz CT molecular complexity index is 1200. The third-order valence-corrected chi connectivity index (χ3v) is 7.11. The Balaban J connectivity index is 2.57. The molecule has 0 saturated carbocycles.